The van der Waals surface area contributed by atoms with Crippen molar-refractivity contribution >= 4 is 23.4 Å². The van der Waals surface area contributed by atoms with Gasteiger partial charge in [0.05, 0.1) is 18.5 Å². The van der Waals surface area contributed by atoms with Crippen LogP contribution in [0.25, 0.3) is 0 Å². The topological polar surface area (TPSA) is 63.4 Å². The summed E-state index contributed by atoms with van der Waals surface area (Å²) in [5, 5.41) is 0.538. The van der Waals surface area contributed by atoms with Gasteiger partial charge in [0.25, 0.3) is 11.8 Å². The van der Waals surface area contributed by atoms with Gasteiger partial charge in [-0.1, -0.05) is 11.6 Å². The number of amides is 2. The third kappa shape index (κ3) is 2.38. The lowest BCUT2D eigenvalue weighted by molar-refractivity contribution is -0.129. The molecule has 2 N–H and O–H groups in total. The molecule has 1 saturated heterocycles. The molecule has 5 fully saturated rings. The van der Waals surface area contributed by atoms with Gasteiger partial charge in [-0.2, -0.15) is 0 Å². The second-order valence-electron chi connectivity index (χ2n) is 8.89. The molecule has 7 heteroatoms. The Kier molecular flexibility index (Phi) is 3.50. The van der Waals surface area contributed by atoms with Gasteiger partial charge in [-0.15, -0.1) is 0 Å². The highest BCUT2D eigenvalue weighted by molar-refractivity contribution is 6.30. The minimum absolute atomic E-state index is 0.135. The smallest absolute Gasteiger partial charge is 0.282 e. The molecule has 5 aliphatic rings. The van der Waals surface area contributed by atoms with Gasteiger partial charge in [-0.05, 0) is 73.1 Å². The fraction of sp³-hybridized carbons (Fsp3) is 0.600. The van der Waals surface area contributed by atoms with E-state index in [0.29, 0.717) is 16.5 Å². The number of alkyl halides is 2. The van der Waals surface area contributed by atoms with Crippen LogP contribution in [0.2, 0.25) is 5.02 Å². The number of carbonyl (C=O) groups excluding carboxylic acids is 2. The number of nitrogens with two attached hydrogens (primary N) is 1. The van der Waals surface area contributed by atoms with Crippen LogP contribution >= 0.6 is 11.6 Å². The van der Waals surface area contributed by atoms with E-state index < -0.39 is 19.0 Å². The number of likely N-dealkylation sites (tertiary alicyclic amines) is 1. The average molecular weight is 395 g/mol. The van der Waals surface area contributed by atoms with E-state index in [2.05, 4.69) is 0 Å². The van der Waals surface area contributed by atoms with Crippen LogP contribution in [0.5, 0.6) is 0 Å². The Morgan fingerprint density at radius 1 is 1.15 bits per heavy atom. The summed E-state index contributed by atoms with van der Waals surface area (Å²) < 4.78 is 26.5. The van der Waals surface area contributed by atoms with Crippen LogP contribution in [0.15, 0.2) is 18.2 Å². The molecule has 4 bridgehead atoms. The van der Waals surface area contributed by atoms with Crippen LogP contribution in [0.3, 0.4) is 0 Å². The summed E-state index contributed by atoms with van der Waals surface area (Å²) in [5.41, 5.74) is 6.69. The zero-order valence-corrected chi connectivity index (χ0v) is 15.5. The van der Waals surface area contributed by atoms with Crippen molar-refractivity contribution < 1.29 is 18.4 Å². The van der Waals surface area contributed by atoms with Gasteiger partial charge in [0.1, 0.15) is 0 Å². The quantitative estimate of drug-likeness (QED) is 0.853. The summed E-state index contributed by atoms with van der Waals surface area (Å²) in [6, 6.07) is 5.13. The fourth-order valence-electron chi connectivity index (χ4n) is 6.47. The number of hydrogen-bond acceptors (Lipinski definition) is 2. The standard InChI is InChI=1S/C20H21ClF2N2O2/c21-13-1-2-14(17(26)25-8-20(22,23)9-25)15(5-13)16-10-3-12-4-11(16)7-19(12,6-10)18(24)27/h1-2,5,10-12,16H,3-4,6-9H2,(H2,24,27). The lowest BCUT2D eigenvalue weighted by Crippen LogP contribution is -2.58. The Labute approximate surface area is 161 Å². The number of carbonyl (C=O) groups is 2. The maximum absolute atomic E-state index is 13.2. The molecule has 6 rings (SSSR count). The number of hydrogen-bond donors (Lipinski definition) is 1. The highest BCUT2D eigenvalue weighted by atomic mass is 35.5. The van der Waals surface area contributed by atoms with E-state index >= 15 is 0 Å². The van der Waals surface area contributed by atoms with Gasteiger partial charge in [-0.3, -0.25) is 9.59 Å². The summed E-state index contributed by atoms with van der Waals surface area (Å²) in [6.07, 6.45) is 3.39. The molecular weight excluding hydrogens is 374 g/mol. The van der Waals surface area contributed by atoms with Crippen LogP contribution in [-0.2, 0) is 4.79 Å². The zero-order valence-electron chi connectivity index (χ0n) is 14.8. The maximum atomic E-state index is 13.2. The van der Waals surface area contributed by atoms with E-state index in [0.717, 1.165) is 31.2 Å². The Bertz CT molecular complexity index is 834. The minimum Gasteiger partial charge on any atom is -0.369 e. The van der Waals surface area contributed by atoms with Crippen molar-refractivity contribution in [1.82, 2.24) is 4.90 Å². The highest BCUT2D eigenvalue weighted by Crippen LogP contribution is 2.69. The number of halogens is 3. The van der Waals surface area contributed by atoms with E-state index in [-0.39, 0.29) is 35.0 Å². The third-order valence-corrected chi connectivity index (χ3v) is 7.69. The lowest BCUT2D eigenvalue weighted by atomic mass is 9.65. The molecule has 2 atom stereocenters. The van der Waals surface area contributed by atoms with E-state index in [1.807, 2.05) is 6.07 Å². The minimum atomic E-state index is -2.79. The van der Waals surface area contributed by atoms with E-state index in [4.69, 9.17) is 17.3 Å². The summed E-state index contributed by atoms with van der Waals surface area (Å²) >= 11 is 6.23. The predicted molar refractivity (Wildman–Crippen MR) is 95.6 cm³/mol. The van der Waals surface area contributed by atoms with Crippen molar-refractivity contribution in [2.75, 3.05) is 13.1 Å². The Morgan fingerprint density at radius 2 is 1.78 bits per heavy atom. The molecule has 4 saturated carbocycles. The largest absolute Gasteiger partial charge is 0.369 e. The summed E-state index contributed by atoms with van der Waals surface area (Å²) in [4.78, 5) is 26.2. The molecule has 2 amide bonds. The molecule has 0 spiro atoms. The fourth-order valence-corrected chi connectivity index (χ4v) is 6.65. The van der Waals surface area contributed by atoms with Crippen molar-refractivity contribution in [3.05, 3.63) is 34.3 Å². The van der Waals surface area contributed by atoms with Gasteiger partial charge in [-0.25, -0.2) is 8.78 Å². The first-order chi connectivity index (χ1) is 12.7. The second-order valence-corrected chi connectivity index (χ2v) is 9.33. The average Bonchev–Trinajstić information content (AvgIpc) is 3.01. The first-order valence-electron chi connectivity index (χ1n) is 9.47. The third-order valence-electron chi connectivity index (χ3n) is 7.45. The molecule has 144 valence electrons. The number of primary amides is 1. The Hall–Kier alpha value is -1.69. The molecular formula is C20H21ClF2N2O2. The summed E-state index contributed by atoms with van der Waals surface area (Å²) in [7, 11) is 0. The molecule has 1 aromatic carbocycles. The van der Waals surface area contributed by atoms with Crippen LogP contribution in [0.4, 0.5) is 8.78 Å². The molecule has 2 unspecified atom stereocenters. The molecule has 1 heterocycles. The summed E-state index contributed by atoms with van der Waals surface area (Å²) in [5.74, 6) is -2.28. The predicted octanol–water partition coefficient (Wildman–Crippen LogP) is 3.44. The van der Waals surface area contributed by atoms with Crippen LogP contribution in [0.1, 0.15) is 47.5 Å². The SMILES string of the molecule is NC(=O)C12CC3CC1CC(C2)C3c1cc(Cl)ccc1C(=O)N1CC(F)(F)C1. The van der Waals surface area contributed by atoms with Gasteiger partial charge in [0, 0.05) is 10.6 Å². The van der Waals surface area contributed by atoms with Crippen molar-refractivity contribution in [3.8, 4) is 0 Å². The van der Waals surface area contributed by atoms with E-state index in [1.54, 1.807) is 12.1 Å². The Balaban J connectivity index is 1.49. The Morgan fingerprint density at radius 3 is 2.30 bits per heavy atom. The molecule has 0 aromatic heterocycles. The first-order valence-corrected chi connectivity index (χ1v) is 9.84. The maximum Gasteiger partial charge on any atom is 0.282 e. The molecule has 4 aliphatic carbocycles. The molecule has 27 heavy (non-hydrogen) atoms. The monoisotopic (exact) mass is 394 g/mol. The van der Waals surface area contributed by atoms with Gasteiger partial charge in [0.15, 0.2) is 0 Å². The van der Waals surface area contributed by atoms with Gasteiger partial charge in [0.2, 0.25) is 5.91 Å². The number of rotatable bonds is 3. The van der Waals surface area contributed by atoms with Gasteiger partial charge < -0.3 is 10.6 Å². The highest BCUT2D eigenvalue weighted by Gasteiger charge is 2.64. The van der Waals surface area contributed by atoms with E-state index in [9.17, 15) is 18.4 Å². The second kappa shape index (κ2) is 5.43. The van der Waals surface area contributed by atoms with Crippen LogP contribution in [-0.4, -0.2) is 35.7 Å². The van der Waals surface area contributed by atoms with Crippen molar-refractivity contribution in [2.24, 2.45) is 28.9 Å². The first kappa shape index (κ1) is 17.4. The lowest BCUT2D eigenvalue weighted by Gasteiger charge is -2.41. The zero-order chi connectivity index (χ0) is 19.1. The molecule has 1 aliphatic heterocycles. The normalized spacial score (nSPS) is 38.1. The molecule has 1 aromatic rings. The van der Waals surface area contributed by atoms with Crippen molar-refractivity contribution in [2.45, 2.75) is 37.5 Å². The van der Waals surface area contributed by atoms with Gasteiger partial charge >= 0.3 is 0 Å². The van der Waals surface area contributed by atoms with Crippen LogP contribution in [0, 0.1) is 23.2 Å². The number of benzene rings is 1. The molecule has 4 nitrogen and oxygen atoms in total. The number of nitrogens with zero attached hydrogens (tertiary/aromatic N) is 1. The molecule has 0 radical (unpaired) electrons. The van der Waals surface area contributed by atoms with Crippen molar-refractivity contribution in [1.29, 1.82) is 0 Å². The van der Waals surface area contributed by atoms with E-state index in [1.165, 1.54) is 4.90 Å². The van der Waals surface area contributed by atoms with Crippen LogP contribution < -0.4 is 5.73 Å². The van der Waals surface area contributed by atoms with Crippen molar-refractivity contribution in [3.63, 3.8) is 0 Å². The summed E-state index contributed by atoms with van der Waals surface area (Å²) in [6.45, 7) is -1.06.